The monoisotopic (exact) mass is 374 g/mol. The fourth-order valence-corrected chi connectivity index (χ4v) is 2.33. The Morgan fingerprint density at radius 3 is 2.54 bits per heavy atom. The standard InChI is InChI=1S/C19H19ClN2O4/c1-13-5-4-7-14(9-13)19(25)22-11-18(24)26-12-17(23)21-10-15-6-2-3-8-16(15)20/h2-9H,10-12H2,1H3,(H,21,23)(H,22,25). The molecule has 0 heterocycles. The molecule has 0 saturated carbocycles. The third kappa shape index (κ3) is 6.22. The number of amides is 2. The number of esters is 1. The number of hydrogen-bond donors (Lipinski definition) is 2. The summed E-state index contributed by atoms with van der Waals surface area (Å²) in [7, 11) is 0. The lowest BCUT2D eigenvalue weighted by Crippen LogP contribution is -2.33. The van der Waals surface area contributed by atoms with E-state index in [1.165, 1.54) is 0 Å². The van der Waals surface area contributed by atoms with Crippen molar-refractivity contribution in [1.82, 2.24) is 10.6 Å². The van der Waals surface area contributed by atoms with Crippen LogP contribution >= 0.6 is 11.6 Å². The van der Waals surface area contributed by atoms with E-state index in [-0.39, 0.29) is 19.0 Å². The fraction of sp³-hybridized carbons (Fsp3) is 0.211. The minimum Gasteiger partial charge on any atom is -0.454 e. The van der Waals surface area contributed by atoms with Gasteiger partial charge in [-0.15, -0.1) is 0 Å². The normalized spacial score (nSPS) is 10.1. The second-order valence-electron chi connectivity index (χ2n) is 5.58. The number of ether oxygens (including phenoxy) is 1. The van der Waals surface area contributed by atoms with Gasteiger partial charge in [-0.1, -0.05) is 47.5 Å². The van der Waals surface area contributed by atoms with Crippen LogP contribution in [0.4, 0.5) is 0 Å². The molecule has 0 fully saturated rings. The molecule has 136 valence electrons. The van der Waals surface area contributed by atoms with E-state index < -0.39 is 18.5 Å². The average molecular weight is 375 g/mol. The molecule has 0 aliphatic heterocycles. The first-order valence-corrected chi connectivity index (χ1v) is 8.34. The highest BCUT2D eigenvalue weighted by atomic mass is 35.5. The van der Waals surface area contributed by atoms with Gasteiger partial charge in [0.25, 0.3) is 11.8 Å². The van der Waals surface area contributed by atoms with Crippen LogP contribution in [0.5, 0.6) is 0 Å². The van der Waals surface area contributed by atoms with Crippen LogP contribution < -0.4 is 10.6 Å². The largest absolute Gasteiger partial charge is 0.454 e. The van der Waals surface area contributed by atoms with Crippen LogP contribution in [0.15, 0.2) is 48.5 Å². The molecule has 0 saturated heterocycles. The molecule has 7 heteroatoms. The second-order valence-corrected chi connectivity index (χ2v) is 5.99. The zero-order valence-corrected chi connectivity index (χ0v) is 15.0. The molecule has 26 heavy (non-hydrogen) atoms. The number of aryl methyl sites for hydroxylation is 1. The summed E-state index contributed by atoms with van der Waals surface area (Å²) in [4.78, 5) is 35.3. The first-order valence-electron chi connectivity index (χ1n) is 7.96. The maximum absolute atomic E-state index is 11.9. The highest BCUT2D eigenvalue weighted by Gasteiger charge is 2.11. The third-order valence-corrected chi connectivity index (χ3v) is 3.84. The van der Waals surface area contributed by atoms with Gasteiger partial charge in [-0.05, 0) is 30.7 Å². The van der Waals surface area contributed by atoms with Gasteiger partial charge >= 0.3 is 5.97 Å². The molecule has 2 amide bonds. The first-order chi connectivity index (χ1) is 12.5. The summed E-state index contributed by atoms with van der Waals surface area (Å²) in [6.07, 6.45) is 0. The molecule has 0 unspecified atom stereocenters. The van der Waals surface area contributed by atoms with E-state index in [9.17, 15) is 14.4 Å². The molecule has 0 aliphatic carbocycles. The van der Waals surface area contributed by atoms with Gasteiger partial charge in [-0.2, -0.15) is 0 Å². The van der Waals surface area contributed by atoms with Crippen LogP contribution in [0.1, 0.15) is 21.5 Å². The Kier molecular flexibility index (Phi) is 7.17. The Labute approximate surface area is 156 Å². The highest BCUT2D eigenvalue weighted by molar-refractivity contribution is 6.31. The lowest BCUT2D eigenvalue weighted by Gasteiger charge is -2.08. The van der Waals surface area contributed by atoms with Crippen LogP contribution in [-0.4, -0.2) is 30.9 Å². The fourth-order valence-electron chi connectivity index (χ4n) is 2.12. The molecule has 2 N–H and O–H groups in total. The van der Waals surface area contributed by atoms with Gasteiger partial charge in [-0.25, -0.2) is 0 Å². The SMILES string of the molecule is Cc1cccc(C(=O)NCC(=O)OCC(=O)NCc2ccccc2Cl)c1. The van der Waals surface area contributed by atoms with E-state index in [0.29, 0.717) is 10.6 Å². The minimum atomic E-state index is -0.695. The highest BCUT2D eigenvalue weighted by Crippen LogP contribution is 2.14. The maximum atomic E-state index is 11.9. The zero-order chi connectivity index (χ0) is 18.9. The van der Waals surface area contributed by atoms with Crippen LogP contribution in [0, 0.1) is 6.92 Å². The first kappa shape index (κ1) is 19.5. The number of carbonyl (C=O) groups excluding carboxylic acids is 3. The van der Waals surface area contributed by atoms with E-state index in [0.717, 1.165) is 11.1 Å². The molecule has 2 aromatic rings. The third-order valence-electron chi connectivity index (χ3n) is 3.47. The zero-order valence-electron chi connectivity index (χ0n) is 14.3. The second kappa shape index (κ2) is 9.58. The quantitative estimate of drug-likeness (QED) is 0.728. The van der Waals surface area contributed by atoms with E-state index in [1.54, 1.807) is 36.4 Å². The summed E-state index contributed by atoms with van der Waals surface area (Å²) in [5.41, 5.74) is 2.16. The van der Waals surface area contributed by atoms with E-state index in [2.05, 4.69) is 10.6 Å². The minimum absolute atomic E-state index is 0.236. The van der Waals surface area contributed by atoms with Crippen molar-refractivity contribution in [3.05, 3.63) is 70.2 Å². The maximum Gasteiger partial charge on any atom is 0.325 e. The Hall–Kier alpha value is -2.86. The van der Waals surface area contributed by atoms with Gasteiger partial charge in [-0.3, -0.25) is 14.4 Å². The van der Waals surface area contributed by atoms with Crippen LogP contribution in [0.2, 0.25) is 5.02 Å². The van der Waals surface area contributed by atoms with E-state index in [1.807, 2.05) is 19.1 Å². The number of carbonyl (C=O) groups is 3. The Morgan fingerprint density at radius 2 is 1.81 bits per heavy atom. The molecular formula is C19H19ClN2O4. The van der Waals surface area contributed by atoms with Gasteiger partial charge in [0.2, 0.25) is 0 Å². The van der Waals surface area contributed by atoms with Crippen LogP contribution in [0.25, 0.3) is 0 Å². The smallest absolute Gasteiger partial charge is 0.325 e. The van der Waals surface area contributed by atoms with Gasteiger partial charge < -0.3 is 15.4 Å². The number of benzene rings is 2. The average Bonchev–Trinajstić information content (AvgIpc) is 2.63. The predicted molar refractivity (Wildman–Crippen MR) is 97.8 cm³/mol. The lowest BCUT2D eigenvalue weighted by atomic mass is 10.1. The molecule has 0 bridgehead atoms. The molecule has 0 aliphatic rings. The molecule has 2 rings (SSSR count). The van der Waals surface area contributed by atoms with Gasteiger partial charge in [0.1, 0.15) is 6.54 Å². The Balaban J connectivity index is 1.69. The van der Waals surface area contributed by atoms with Gasteiger partial charge in [0.05, 0.1) is 0 Å². The van der Waals surface area contributed by atoms with E-state index in [4.69, 9.17) is 16.3 Å². The summed E-state index contributed by atoms with van der Waals surface area (Å²) < 4.78 is 4.83. The molecule has 0 radical (unpaired) electrons. The van der Waals surface area contributed by atoms with Crippen molar-refractivity contribution in [3.8, 4) is 0 Å². The predicted octanol–water partition coefficient (Wildman–Crippen LogP) is 2.24. The van der Waals surface area contributed by atoms with Crippen molar-refractivity contribution >= 4 is 29.4 Å². The lowest BCUT2D eigenvalue weighted by molar-refractivity contribution is -0.147. The molecule has 0 spiro atoms. The number of halogens is 1. The van der Waals surface area contributed by atoms with Crippen molar-refractivity contribution in [3.63, 3.8) is 0 Å². The number of hydrogen-bond acceptors (Lipinski definition) is 4. The van der Waals surface area contributed by atoms with Crippen molar-refractivity contribution in [2.75, 3.05) is 13.2 Å². The molecule has 0 atom stereocenters. The van der Waals surface area contributed by atoms with Gasteiger partial charge in [0.15, 0.2) is 6.61 Å². The number of nitrogens with one attached hydrogen (secondary N) is 2. The summed E-state index contributed by atoms with van der Waals surface area (Å²) in [6, 6.07) is 14.1. The van der Waals surface area contributed by atoms with Gasteiger partial charge in [0, 0.05) is 17.1 Å². The van der Waals surface area contributed by atoms with Crippen LogP contribution in [-0.2, 0) is 20.9 Å². The summed E-state index contributed by atoms with van der Waals surface area (Å²) in [5, 5.41) is 5.60. The van der Waals surface area contributed by atoms with Crippen molar-refractivity contribution in [1.29, 1.82) is 0 Å². The van der Waals surface area contributed by atoms with Crippen molar-refractivity contribution in [2.45, 2.75) is 13.5 Å². The van der Waals surface area contributed by atoms with Crippen LogP contribution in [0.3, 0.4) is 0 Å². The van der Waals surface area contributed by atoms with E-state index >= 15 is 0 Å². The topological polar surface area (TPSA) is 84.5 Å². The molecule has 2 aromatic carbocycles. The molecule has 0 aromatic heterocycles. The Morgan fingerprint density at radius 1 is 1.04 bits per heavy atom. The number of rotatable bonds is 7. The molecular weight excluding hydrogens is 356 g/mol. The van der Waals surface area contributed by atoms with Crippen molar-refractivity contribution < 1.29 is 19.1 Å². The van der Waals surface area contributed by atoms with Crippen molar-refractivity contribution in [2.24, 2.45) is 0 Å². The Bertz CT molecular complexity index is 808. The summed E-state index contributed by atoms with van der Waals surface area (Å²) in [6.45, 7) is 1.36. The molecule has 6 nitrogen and oxygen atoms in total. The summed E-state index contributed by atoms with van der Waals surface area (Å²) >= 11 is 5.99. The summed E-state index contributed by atoms with van der Waals surface area (Å²) in [5.74, 6) is -1.53.